The molecule has 14 heteroatoms. The Hall–Kier alpha value is -3.07. The molecule has 3 fully saturated rings. The maximum absolute atomic E-state index is 14.2. The number of ketones is 1. The molecule has 3 aliphatic heterocycles. The van der Waals surface area contributed by atoms with Gasteiger partial charge in [0.15, 0.2) is 5.78 Å². The van der Waals surface area contributed by atoms with Crippen LogP contribution in [0.4, 0.5) is 5.69 Å². The van der Waals surface area contributed by atoms with Gasteiger partial charge in [0.25, 0.3) is 0 Å². The molecule has 0 bridgehead atoms. The summed E-state index contributed by atoms with van der Waals surface area (Å²) >= 11 is 0. The maximum Gasteiger partial charge on any atom is 0.244 e. The van der Waals surface area contributed by atoms with Crippen LogP contribution in [0.15, 0.2) is 18.2 Å². The third-order valence-electron chi connectivity index (χ3n) is 9.64. The van der Waals surface area contributed by atoms with E-state index in [0.29, 0.717) is 44.0 Å². The smallest absolute Gasteiger partial charge is 0.244 e. The molecular formula is C31H45N5O8S. The number of anilines is 1. The van der Waals surface area contributed by atoms with Gasteiger partial charge in [-0.05, 0) is 49.8 Å². The summed E-state index contributed by atoms with van der Waals surface area (Å²) in [7, 11) is -3.43. The van der Waals surface area contributed by atoms with Gasteiger partial charge in [0.05, 0.1) is 43.7 Å². The zero-order chi connectivity index (χ0) is 32.4. The number of carbonyl (C=O) groups excluding carboxylic acids is 4. The monoisotopic (exact) mass is 647 g/mol. The SMILES string of the molecule is C[C@H](NC(=O)CN1CCOCC1)C(=O)NC(Cc1ccc2c(c1)CCS(=O)(=O)N2)(C(N)=O)[C@H](CC1CCCC1)C(=O)[C@@]1(C)CO1. The summed E-state index contributed by atoms with van der Waals surface area (Å²) in [6.45, 7) is 5.78. The second kappa shape index (κ2) is 13.3. The van der Waals surface area contributed by atoms with Crippen LogP contribution < -0.4 is 21.1 Å². The highest BCUT2D eigenvalue weighted by Gasteiger charge is 2.58. The molecule has 1 aliphatic carbocycles. The van der Waals surface area contributed by atoms with Crippen molar-refractivity contribution in [2.45, 2.75) is 76.0 Å². The molecule has 0 aromatic heterocycles. The highest BCUT2D eigenvalue weighted by atomic mass is 32.2. The Balaban J connectivity index is 1.46. The van der Waals surface area contributed by atoms with Crippen LogP contribution in [0.25, 0.3) is 0 Å². The third-order valence-corrected chi connectivity index (χ3v) is 10.9. The third kappa shape index (κ3) is 7.84. The molecule has 3 amide bonds. The number of sulfonamides is 1. The predicted octanol–water partition coefficient (Wildman–Crippen LogP) is 0.259. The Kier molecular flexibility index (Phi) is 9.87. The van der Waals surface area contributed by atoms with Crippen LogP contribution in [0.3, 0.4) is 0 Å². The fourth-order valence-corrected chi connectivity index (χ4v) is 7.92. The molecule has 13 nitrogen and oxygen atoms in total. The number of primary amides is 1. The van der Waals surface area contributed by atoms with Crippen LogP contribution in [0.5, 0.6) is 0 Å². The number of amides is 3. The van der Waals surface area contributed by atoms with Crippen molar-refractivity contribution < 1.29 is 37.1 Å². The first kappa shape index (κ1) is 33.3. The van der Waals surface area contributed by atoms with Crippen LogP contribution >= 0.6 is 0 Å². The second-order valence-corrected chi connectivity index (χ2v) is 15.0. The van der Waals surface area contributed by atoms with Gasteiger partial charge >= 0.3 is 0 Å². The van der Waals surface area contributed by atoms with Crippen LogP contribution in [-0.4, -0.2) is 99.2 Å². The Morgan fingerprint density at radius 1 is 1.18 bits per heavy atom. The van der Waals surface area contributed by atoms with E-state index in [1.165, 1.54) is 6.92 Å². The normalized spacial score (nSPS) is 25.6. The summed E-state index contributed by atoms with van der Waals surface area (Å²) in [6, 6.07) is 4.07. The number of rotatable bonds is 13. The molecule has 45 heavy (non-hydrogen) atoms. The summed E-state index contributed by atoms with van der Waals surface area (Å²) in [6.07, 6.45) is 4.36. The lowest BCUT2D eigenvalue weighted by molar-refractivity contribution is -0.142. The molecule has 0 radical (unpaired) electrons. The molecular weight excluding hydrogens is 602 g/mol. The van der Waals surface area contributed by atoms with E-state index in [4.69, 9.17) is 15.2 Å². The average molecular weight is 648 g/mol. The van der Waals surface area contributed by atoms with E-state index in [2.05, 4.69) is 15.4 Å². The fraction of sp³-hybridized carbons (Fsp3) is 0.677. The van der Waals surface area contributed by atoms with Gasteiger partial charge in [-0.1, -0.05) is 37.8 Å². The number of benzene rings is 1. The molecule has 3 heterocycles. The molecule has 4 atom stereocenters. The van der Waals surface area contributed by atoms with Crippen LogP contribution in [0, 0.1) is 11.8 Å². The lowest BCUT2D eigenvalue weighted by atomic mass is 9.69. The number of fused-ring (bicyclic) bond motifs is 1. The van der Waals surface area contributed by atoms with Gasteiger partial charge < -0.3 is 25.8 Å². The number of epoxide rings is 1. The van der Waals surface area contributed by atoms with Crippen LogP contribution in [-0.2, 0) is 51.5 Å². The van der Waals surface area contributed by atoms with E-state index < -0.39 is 44.9 Å². The van der Waals surface area contributed by atoms with Gasteiger partial charge in [-0.15, -0.1) is 0 Å². The van der Waals surface area contributed by atoms with E-state index in [0.717, 1.165) is 31.2 Å². The summed E-state index contributed by atoms with van der Waals surface area (Å²) in [4.78, 5) is 56.5. The first-order valence-electron chi connectivity index (χ1n) is 15.8. The Morgan fingerprint density at radius 2 is 1.87 bits per heavy atom. The van der Waals surface area contributed by atoms with E-state index in [1.54, 1.807) is 25.1 Å². The van der Waals surface area contributed by atoms with Gasteiger partial charge in [0, 0.05) is 19.5 Å². The summed E-state index contributed by atoms with van der Waals surface area (Å²) in [5, 5.41) is 5.61. The molecule has 1 aromatic rings. The fourth-order valence-electron chi connectivity index (χ4n) is 6.80. The molecule has 1 saturated carbocycles. The van der Waals surface area contributed by atoms with Crippen molar-refractivity contribution in [3.05, 3.63) is 29.3 Å². The number of nitrogens with one attached hydrogen (secondary N) is 3. The van der Waals surface area contributed by atoms with Crippen molar-refractivity contribution >= 4 is 39.2 Å². The second-order valence-electron chi connectivity index (χ2n) is 13.2. The van der Waals surface area contributed by atoms with Gasteiger partial charge in [0.1, 0.15) is 17.2 Å². The topological polar surface area (TPSA) is 190 Å². The standard InChI is InChI=1S/C31H45N5O8S/c1-20(33-26(37)18-36-10-12-43-13-11-36)28(39)34-31(29(32)40,17-22-7-8-25-23(15-22)9-14-45(41,42)35-25)24(16-21-5-3-4-6-21)27(38)30(2)19-44-30/h7-8,15,20-21,24,35H,3-6,9-14,16-19H2,1-2H3,(H2,32,40)(H,33,37)(H,34,39)/t20-,24+,30+,31?/m0/s1. The zero-order valence-electron chi connectivity index (χ0n) is 26.1. The largest absolute Gasteiger partial charge is 0.379 e. The molecule has 5 N–H and O–H groups in total. The number of aryl methyl sites for hydroxylation is 1. The van der Waals surface area contributed by atoms with Crippen molar-refractivity contribution in [1.29, 1.82) is 0 Å². The van der Waals surface area contributed by atoms with E-state index in [9.17, 15) is 27.6 Å². The van der Waals surface area contributed by atoms with Crippen molar-refractivity contribution in [3.8, 4) is 0 Å². The van der Waals surface area contributed by atoms with E-state index in [1.807, 2.05) is 4.90 Å². The zero-order valence-corrected chi connectivity index (χ0v) is 26.9. The Morgan fingerprint density at radius 3 is 2.51 bits per heavy atom. The number of hydrogen-bond donors (Lipinski definition) is 4. The summed E-state index contributed by atoms with van der Waals surface area (Å²) in [5.74, 6) is -3.04. The highest BCUT2D eigenvalue weighted by Crippen LogP contribution is 2.42. The number of ether oxygens (including phenoxy) is 2. The van der Waals surface area contributed by atoms with Gasteiger partial charge in [-0.25, -0.2) is 8.42 Å². The lowest BCUT2D eigenvalue weighted by Crippen LogP contribution is -2.68. The molecule has 1 aromatic carbocycles. The van der Waals surface area contributed by atoms with Crippen molar-refractivity contribution in [3.63, 3.8) is 0 Å². The number of Topliss-reactive ketones (excluding diaryl/α,β-unsaturated/α-hetero) is 1. The summed E-state index contributed by atoms with van der Waals surface area (Å²) in [5.41, 5.74) is 5.09. The van der Waals surface area contributed by atoms with Gasteiger partial charge in [-0.3, -0.25) is 28.8 Å². The highest BCUT2D eigenvalue weighted by molar-refractivity contribution is 7.92. The minimum atomic E-state index is -3.43. The number of carbonyl (C=O) groups is 4. The molecule has 1 unspecified atom stereocenters. The predicted molar refractivity (Wildman–Crippen MR) is 166 cm³/mol. The van der Waals surface area contributed by atoms with E-state index >= 15 is 0 Å². The van der Waals surface area contributed by atoms with Crippen molar-refractivity contribution in [1.82, 2.24) is 15.5 Å². The molecule has 5 rings (SSSR count). The quantitative estimate of drug-likeness (QED) is 0.218. The number of nitrogens with two attached hydrogens (primary N) is 1. The first-order chi connectivity index (χ1) is 21.3. The Labute approximate surface area is 264 Å². The van der Waals surface area contributed by atoms with E-state index in [-0.39, 0.29) is 49.4 Å². The van der Waals surface area contributed by atoms with Crippen molar-refractivity contribution in [2.24, 2.45) is 17.6 Å². The lowest BCUT2D eigenvalue weighted by Gasteiger charge is -2.41. The first-order valence-corrected chi connectivity index (χ1v) is 17.5. The van der Waals surface area contributed by atoms with Crippen molar-refractivity contribution in [2.75, 3.05) is 49.9 Å². The number of nitrogens with zero attached hydrogens (tertiary/aromatic N) is 1. The molecule has 2 saturated heterocycles. The summed E-state index contributed by atoms with van der Waals surface area (Å²) < 4.78 is 37.7. The molecule has 248 valence electrons. The van der Waals surface area contributed by atoms with Crippen LogP contribution in [0.1, 0.15) is 57.1 Å². The van der Waals surface area contributed by atoms with Gasteiger partial charge in [-0.2, -0.15) is 0 Å². The number of morpholine rings is 1. The number of hydrogen-bond acceptors (Lipinski definition) is 9. The Bertz CT molecular complexity index is 1420. The minimum absolute atomic E-state index is 0.0820. The maximum atomic E-state index is 14.2. The minimum Gasteiger partial charge on any atom is -0.379 e. The molecule has 0 spiro atoms. The average Bonchev–Trinajstić information content (AvgIpc) is 3.53. The van der Waals surface area contributed by atoms with Gasteiger partial charge in [0.2, 0.25) is 27.7 Å². The van der Waals surface area contributed by atoms with Crippen LogP contribution in [0.2, 0.25) is 0 Å². The molecule has 4 aliphatic rings.